The van der Waals surface area contributed by atoms with Crippen molar-refractivity contribution in [1.82, 2.24) is 0 Å². The second-order valence-electron chi connectivity index (χ2n) is 9.69. The smallest absolute Gasteiger partial charge is 0.216 e. The second-order valence-corrected chi connectivity index (χ2v) is 9.69. The quantitative estimate of drug-likeness (QED) is 0.259. The van der Waals surface area contributed by atoms with Crippen LogP contribution >= 0.6 is 0 Å². The fraction of sp³-hybridized carbons (Fsp3) is 0.258. The highest BCUT2D eigenvalue weighted by Crippen LogP contribution is 2.42. The Hall–Kier alpha value is -3.50. The van der Waals surface area contributed by atoms with Gasteiger partial charge in [-0.3, -0.25) is 0 Å². The van der Waals surface area contributed by atoms with E-state index in [0.717, 1.165) is 64.8 Å². The maximum atomic E-state index is 15.4. The molecule has 0 atom stereocenters. The molecule has 3 heterocycles. The van der Waals surface area contributed by atoms with Gasteiger partial charge in [-0.15, -0.1) is 0 Å². The molecule has 2 aromatic heterocycles. The minimum atomic E-state index is -0.265. The lowest BCUT2D eigenvalue weighted by atomic mass is 9.87. The van der Waals surface area contributed by atoms with E-state index >= 15 is 4.39 Å². The van der Waals surface area contributed by atoms with Gasteiger partial charge < -0.3 is 9.15 Å². The first-order chi connectivity index (χ1) is 17.0. The van der Waals surface area contributed by atoms with Crippen LogP contribution in [0.2, 0.25) is 0 Å². The lowest BCUT2D eigenvalue weighted by Gasteiger charge is -2.24. The number of hydrogen-bond donors (Lipinski definition) is 0. The Balaban J connectivity index is 1.56. The summed E-state index contributed by atoms with van der Waals surface area (Å²) in [6.07, 6.45) is 4.10. The number of ether oxygens (including phenoxy) is 1. The zero-order chi connectivity index (χ0) is 24.1. The highest BCUT2D eigenvalue weighted by atomic mass is 19.1. The number of furan rings is 1. The number of aryl methyl sites for hydroxylation is 3. The molecule has 176 valence electrons. The number of fused-ring (bicyclic) bond motifs is 3. The van der Waals surface area contributed by atoms with E-state index in [1.165, 1.54) is 11.1 Å². The van der Waals surface area contributed by atoms with E-state index in [2.05, 4.69) is 48.7 Å². The normalized spacial score (nSPS) is 14.7. The third-order valence-electron chi connectivity index (χ3n) is 7.50. The molecule has 3 nitrogen and oxygen atoms in total. The molecule has 0 unspecified atom stereocenters. The molecule has 0 radical (unpaired) electrons. The van der Waals surface area contributed by atoms with Crippen molar-refractivity contribution >= 4 is 21.9 Å². The number of aromatic nitrogens is 1. The van der Waals surface area contributed by atoms with E-state index in [-0.39, 0.29) is 5.82 Å². The van der Waals surface area contributed by atoms with E-state index in [0.29, 0.717) is 17.1 Å². The van der Waals surface area contributed by atoms with Crippen molar-refractivity contribution in [1.29, 1.82) is 0 Å². The lowest BCUT2D eigenvalue weighted by Crippen LogP contribution is -2.30. The molecule has 6 rings (SSSR count). The van der Waals surface area contributed by atoms with E-state index in [9.17, 15) is 0 Å². The van der Waals surface area contributed by atoms with Gasteiger partial charge in [0.05, 0.1) is 11.1 Å². The molecule has 0 amide bonds. The van der Waals surface area contributed by atoms with Gasteiger partial charge in [-0.2, -0.15) is 0 Å². The van der Waals surface area contributed by atoms with E-state index in [1.807, 2.05) is 37.5 Å². The molecule has 0 bridgehead atoms. The third kappa shape index (κ3) is 3.64. The van der Waals surface area contributed by atoms with Crippen LogP contribution < -0.4 is 4.57 Å². The molecule has 1 aliphatic rings. The van der Waals surface area contributed by atoms with Crippen LogP contribution in [0.4, 0.5) is 4.39 Å². The summed E-state index contributed by atoms with van der Waals surface area (Å²) >= 11 is 0. The van der Waals surface area contributed by atoms with Crippen molar-refractivity contribution in [2.75, 3.05) is 13.2 Å². The standard InChI is InChI=1S/C31H29FNO2/c1-19-7-9-24-25-11-12-26(32)29(22-8-10-23(20(2)18-22)21-13-16-34-17-14-21)31(25)35-30(24)28(19)27-6-4-5-15-33(27)3/h4-12,15,18,21H,13-14,16-17H2,1-3H3/q+1. The van der Waals surface area contributed by atoms with Gasteiger partial charge in [-0.05, 0) is 73.1 Å². The zero-order valence-corrected chi connectivity index (χ0v) is 20.4. The van der Waals surface area contributed by atoms with Gasteiger partial charge in [-0.25, -0.2) is 8.96 Å². The minimum Gasteiger partial charge on any atom is -0.454 e. The molecule has 1 saturated heterocycles. The summed E-state index contributed by atoms with van der Waals surface area (Å²) in [5.74, 6) is 0.236. The van der Waals surface area contributed by atoms with Crippen LogP contribution in [0.1, 0.15) is 35.4 Å². The summed E-state index contributed by atoms with van der Waals surface area (Å²) in [5.41, 5.74) is 8.53. The summed E-state index contributed by atoms with van der Waals surface area (Å²) in [6.45, 7) is 5.83. The molecule has 1 fully saturated rings. The molecule has 0 aliphatic carbocycles. The second kappa shape index (κ2) is 8.62. The van der Waals surface area contributed by atoms with Crippen molar-refractivity contribution in [2.24, 2.45) is 7.05 Å². The molecule has 1 aliphatic heterocycles. The van der Waals surface area contributed by atoms with Crippen LogP contribution in [0.15, 0.2) is 71.3 Å². The Kier molecular flexibility index (Phi) is 5.42. The predicted octanol–water partition coefficient (Wildman–Crippen LogP) is 7.39. The summed E-state index contributed by atoms with van der Waals surface area (Å²) < 4.78 is 29.6. The monoisotopic (exact) mass is 466 g/mol. The summed E-state index contributed by atoms with van der Waals surface area (Å²) in [5, 5.41) is 1.93. The van der Waals surface area contributed by atoms with Gasteiger partial charge in [0, 0.05) is 36.1 Å². The van der Waals surface area contributed by atoms with Gasteiger partial charge in [-0.1, -0.05) is 30.3 Å². The Morgan fingerprint density at radius 1 is 0.829 bits per heavy atom. The fourth-order valence-corrected chi connectivity index (χ4v) is 5.65. The average molecular weight is 467 g/mol. The Bertz CT molecular complexity index is 1580. The average Bonchev–Trinajstić information content (AvgIpc) is 3.23. The molecule has 4 heteroatoms. The van der Waals surface area contributed by atoms with Gasteiger partial charge in [0.2, 0.25) is 5.69 Å². The first kappa shape index (κ1) is 22.0. The van der Waals surface area contributed by atoms with Crippen LogP contribution in [0, 0.1) is 19.7 Å². The number of benzene rings is 3. The number of pyridine rings is 1. The minimum absolute atomic E-state index is 0.265. The maximum absolute atomic E-state index is 15.4. The van der Waals surface area contributed by atoms with Crippen molar-refractivity contribution in [3.63, 3.8) is 0 Å². The molecule has 5 aromatic rings. The van der Waals surface area contributed by atoms with E-state index < -0.39 is 0 Å². The Labute approximate surface area is 204 Å². The largest absolute Gasteiger partial charge is 0.454 e. The van der Waals surface area contributed by atoms with Crippen molar-refractivity contribution in [3.05, 3.63) is 89.4 Å². The zero-order valence-electron chi connectivity index (χ0n) is 20.4. The van der Waals surface area contributed by atoms with Crippen molar-refractivity contribution in [3.8, 4) is 22.4 Å². The van der Waals surface area contributed by atoms with Gasteiger partial charge >= 0.3 is 0 Å². The number of halogens is 1. The van der Waals surface area contributed by atoms with Crippen LogP contribution in [0.3, 0.4) is 0 Å². The molecule has 0 spiro atoms. The predicted molar refractivity (Wildman–Crippen MR) is 138 cm³/mol. The molecular formula is C31H29FNO2+. The molecular weight excluding hydrogens is 437 g/mol. The van der Waals surface area contributed by atoms with Crippen LogP contribution in [0.5, 0.6) is 0 Å². The molecule has 35 heavy (non-hydrogen) atoms. The van der Waals surface area contributed by atoms with E-state index in [4.69, 9.17) is 9.15 Å². The van der Waals surface area contributed by atoms with Crippen molar-refractivity contribution in [2.45, 2.75) is 32.6 Å². The summed E-state index contributed by atoms with van der Waals surface area (Å²) in [6, 6.07) is 20.1. The summed E-state index contributed by atoms with van der Waals surface area (Å²) in [7, 11) is 2.03. The lowest BCUT2D eigenvalue weighted by molar-refractivity contribution is -0.660. The first-order valence-electron chi connectivity index (χ1n) is 12.3. The Morgan fingerprint density at radius 3 is 2.31 bits per heavy atom. The molecule has 0 saturated carbocycles. The van der Waals surface area contributed by atoms with Crippen LogP contribution in [0.25, 0.3) is 44.3 Å². The van der Waals surface area contributed by atoms with Gasteiger partial charge in [0.15, 0.2) is 6.20 Å². The van der Waals surface area contributed by atoms with Crippen LogP contribution in [-0.4, -0.2) is 13.2 Å². The highest BCUT2D eigenvalue weighted by Gasteiger charge is 2.24. The number of hydrogen-bond acceptors (Lipinski definition) is 2. The van der Waals surface area contributed by atoms with Crippen LogP contribution in [-0.2, 0) is 11.8 Å². The Morgan fingerprint density at radius 2 is 1.57 bits per heavy atom. The van der Waals surface area contributed by atoms with Gasteiger partial charge in [0.25, 0.3) is 0 Å². The highest BCUT2D eigenvalue weighted by molar-refractivity contribution is 6.13. The third-order valence-corrected chi connectivity index (χ3v) is 7.50. The molecule has 0 N–H and O–H groups in total. The first-order valence-corrected chi connectivity index (χ1v) is 12.3. The van der Waals surface area contributed by atoms with Crippen molar-refractivity contribution < 1.29 is 18.1 Å². The fourth-order valence-electron chi connectivity index (χ4n) is 5.65. The number of rotatable bonds is 3. The molecule has 3 aromatic carbocycles. The summed E-state index contributed by atoms with van der Waals surface area (Å²) in [4.78, 5) is 0. The van der Waals surface area contributed by atoms with Gasteiger partial charge in [0.1, 0.15) is 24.0 Å². The maximum Gasteiger partial charge on any atom is 0.216 e. The SMILES string of the molecule is Cc1cc(-c2c(F)ccc3c2oc2c(-c4cccc[n+]4C)c(C)ccc23)ccc1C1CCOCC1. The number of nitrogens with zero attached hydrogens (tertiary/aromatic N) is 1. The van der Waals surface area contributed by atoms with E-state index in [1.54, 1.807) is 6.07 Å². The topological polar surface area (TPSA) is 26.2 Å².